The van der Waals surface area contributed by atoms with Gasteiger partial charge in [-0.2, -0.15) is 18.3 Å². The Labute approximate surface area is 134 Å². The summed E-state index contributed by atoms with van der Waals surface area (Å²) in [6.07, 6.45) is -3.44. The molecule has 0 aliphatic carbocycles. The van der Waals surface area contributed by atoms with Crippen LogP contribution in [-0.4, -0.2) is 41.5 Å². The van der Waals surface area contributed by atoms with Crippen molar-refractivity contribution in [3.05, 3.63) is 41.1 Å². The summed E-state index contributed by atoms with van der Waals surface area (Å²) in [4.78, 5) is 2.08. The van der Waals surface area contributed by atoms with Gasteiger partial charge >= 0.3 is 6.18 Å². The summed E-state index contributed by atoms with van der Waals surface area (Å²) in [7, 11) is 3.99. The summed E-state index contributed by atoms with van der Waals surface area (Å²) in [5.74, 6) is 0. The second-order valence-electron chi connectivity index (χ2n) is 6.09. The van der Waals surface area contributed by atoms with E-state index < -0.39 is 12.7 Å². The van der Waals surface area contributed by atoms with Crippen LogP contribution in [0.15, 0.2) is 24.3 Å². The molecule has 0 bridgehead atoms. The monoisotopic (exact) mass is 325 g/mol. The predicted molar refractivity (Wildman–Crippen MR) is 85.5 cm³/mol. The highest BCUT2D eigenvalue weighted by Gasteiger charge is 2.30. The van der Waals surface area contributed by atoms with Gasteiger partial charge in [-0.3, -0.25) is 4.68 Å². The second-order valence-corrected chi connectivity index (χ2v) is 6.09. The summed E-state index contributed by atoms with van der Waals surface area (Å²) in [6.45, 7) is 3.38. The Morgan fingerprint density at radius 3 is 2.48 bits per heavy atom. The molecule has 0 saturated carbocycles. The average Bonchev–Trinajstić information content (AvgIpc) is 2.69. The van der Waals surface area contributed by atoms with E-state index in [1.165, 1.54) is 0 Å². The Morgan fingerprint density at radius 2 is 1.87 bits per heavy atom. The molecule has 2 rings (SSSR count). The lowest BCUT2D eigenvalue weighted by molar-refractivity contribution is -0.142. The van der Waals surface area contributed by atoms with E-state index in [0.717, 1.165) is 34.3 Å². The van der Waals surface area contributed by atoms with Crippen molar-refractivity contribution in [2.24, 2.45) is 0 Å². The van der Waals surface area contributed by atoms with Crippen LogP contribution in [0.5, 0.6) is 0 Å². The van der Waals surface area contributed by atoms with Crippen LogP contribution in [0.25, 0.3) is 11.3 Å². The Balaban J connectivity index is 2.39. The van der Waals surface area contributed by atoms with Gasteiger partial charge in [0.2, 0.25) is 0 Å². The first-order chi connectivity index (χ1) is 10.7. The van der Waals surface area contributed by atoms with E-state index in [9.17, 15) is 13.2 Å². The molecule has 6 heteroatoms. The normalized spacial score (nSPS) is 12.2. The number of likely N-dealkylation sites (N-methyl/N-ethyl adjacent to an activating group) is 1. The van der Waals surface area contributed by atoms with Gasteiger partial charge < -0.3 is 4.90 Å². The maximum Gasteiger partial charge on any atom is 0.408 e. The van der Waals surface area contributed by atoms with E-state index in [1.54, 1.807) is 6.92 Å². The van der Waals surface area contributed by atoms with Gasteiger partial charge in [-0.25, -0.2) is 0 Å². The summed E-state index contributed by atoms with van der Waals surface area (Å²) >= 11 is 0. The lowest BCUT2D eigenvalue weighted by Gasteiger charge is -2.13. The number of benzene rings is 1. The highest BCUT2D eigenvalue weighted by Crippen LogP contribution is 2.29. The van der Waals surface area contributed by atoms with Crippen molar-refractivity contribution in [3.8, 4) is 11.3 Å². The predicted octanol–water partition coefficient (Wildman–Crippen LogP) is 3.83. The molecular weight excluding hydrogens is 303 g/mol. The first-order valence-electron chi connectivity index (χ1n) is 7.52. The molecule has 0 aliphatic heterocycles. The highest BCUT2D eigenvalue weighted by atomic mass is 19.4. The molecule has 126 valence electrons. The number of hydrogen-bond acceptors (Lipinski definition) is 2. The molecule has 1 aromatic carbocycles. The Morgan fingerprint density at radius 1 is 1.17 bits per heavy atom. The molecule has 0 unspecified atom stereocenters. The molecule has 0 saturated heterocycles. The fraction of sp³-hybridized carbons (Fsp3) is 0.471. The minimum absolute atomic E-state index is 0.548. The molecule has 0 amide bonds. The number of hydrogen-bond donors (Lipinski definition) is 0. The van der Waals surface area contributed by atoms with Crippen LogP contribution in [0.4, 0.5) is 13.2 Å². The molecule has 1 aromatic heterocycles. The number of aryl methyl sites for hydroxylation is 1. The maximum atomic E-state index is 12.8. The standard InChI is InChI=1S/C17H22F3N3/c1-12-13(2)21-23(11-17(18,19)20)16(12)15-7-5-6-14(10-15)8-9-22(3)4/h5-7,10H,8-9,11H2,1-4H3. The Hall–Kier alpha value is -1.82. The Kier molecular flexibility index (Phi) is 5.14. The van der Waals surface area contributed by atoms with Crippen LogP contribution in [0.2, 0.25) is 0 Å². The van der Waals surface area contributed by atoms with Gasteiger partial charge in [0.15, 0.2) is 0 Å². The van der Waals surface area contributed by atoms with E-state index in [4.69, 9.17) is 0 Å². The zero-order valence-corrected chi connectivity index (χ0v) is 13.9. The fourth-order valence-electron chi connectivity index (χ4n) is 2.55. The number of aromatic nitrogens is 2. The van der Waals surface area contributed by atoms with Crippen molar-refractivity contribution in [3.63, 3.8) is 0 Å². The fourth-order valence-corrected chi connectivity index (χ4v) is 2.55. The van der Waals surface area contributed by atoms with Crippen molar-refractivity contribution in [2.45, 2.75) is 33.0 Å². The first kappa shape index (κ1) is 17.5. The summed E-state index contributed by atoms with van der Waals surface area (Å²) < 4.78 is 39.5. The van der Waals surface area contributed by atoms with E-state index in [1.807, 2.05) is 45.3 Å². The van der Waals surface area contributed by atoms with Crippen molar-refractivity contribution in [1.82, 2.24) is 14.7 Å². The van der Waals surface area contributed by atoms with Gasteiger partial charge in [0, 0.05) is 12.1 Å². The second kappa shape index (κ2) is 6.74. The lowest BCUT2D eigenvalue weighted by Crippen LogP contribution is -2.19. The zero-order valence-electron chi connectivity index (χ0n) is 13.9. The average molecular weight is 325 g/mol. The van der Waals surface area contributed by atoms with Crippen LogP contribution in [-0.2, 0) is 13.0 Å². The van der Waals surface area contributed by atoms with E-state index in [2.05, 4.69) is 10.00 Å². The van der Waals surface area contributed by atoms with Crippen LogP contribution >= 0.6 is 0 Å². The maximum absolute atomic E-state index is 12.8. The molecule has 0 aliphatic rings. The number of halogens is 3. The van der Waals surface area contributed by atoms with Crippen molar-refractivity contribution in [2.75, 3.05) is 20.6 Å². The molecule has 0 atom stereocenters. The van der Waals surface area contributed by atoms with Gasteiger partial charge in [0.1, 0.15) is 6.54 Å². The van der Waals surface area contributed by atoms with Crippen LogP contribution < -0.4 is 0 Å². The molecule has 1 heterocycles. The largest absolute Gasteiger partial charge is 0.408 e. The smallest absolute Gasteiger partial charge is 0.309 e. The van der Waals surface area contributed by atoms with Gasteiger partial charge in [0.05, 0.1) is 11.4 Å². The zero-order chi connectivity index (χ0) is 17.2. The van der Waals surface area contributed by atoms with Gasteiger partial charge in [0.25, 0.3) is 0 Å². The van der Waals surface area contributed by atoms with E-state index >= 15 is 0 Å². The number of alkyl halides is 3. The van der Waals surface area contributed by atoms with Crippen molar-refractivity contribution >= 4 is 0 Å². The van der Waals surface area contributed by atoms with Crippen LogP contribution in [0.1, 0.15) is 16.8 Å². The molecular formula is C17H22F3N3. The summed E-state index contributed by atoms with van der Waals surface area (Å²) in [5, 5.41) is 4.06. The third kappa shape index (κ3) is 4.58. The third-order valence-corrected chi connectivity index (χ3v) is 3.80. The number of nitrogens with zero attached hydrogens (tertiary/aromatic N) is 3. The molecule has 2 aromatic rings. The highest BCUT2D eigenvalue weighted by molar-refractivity contribution is 5.65. The topological polar surface area (TPSA) is 21.1 Å². The number of rotatable bonds is 5. The molecule has 23 heavy (non-hydrogen) atoms. The molecule has 0 radical (unpaired) electrons. The van der Waals surface area contributed by atoms with Gasteiger partial charge in [-0.1, -0.05) is 18.2 Å². The van der Waals surface area contributed by atoms with Gasteiger partial charge in [-0.15, -0.1) is 0 Å². The van der Waals surface area contributed by atoms with Crippen molar-refractivity contribution in [1.29, 1.82) is 0 Å². The van der Waals surface area contributed by atoms with E-state index in [-0.39, 0.29) is 0 Å². The lowest BCUT2D eigenvalue weighted by atomic mass is 10.0. The molecule has 0 N–H and O–H groups in total. The van der Waals surface area contributed by atoms with Crippen LogP contribution in [0, 0.1) is 13.8 Å². The molecule has 0 spiro atoms. The summed E-state index contributed by atoms with van der Waals surface area (Å²) in [6, 6.07) is 7.69. The first-order valence-corrected chi connectivity index (χ1v) is 7.52. The minimum atomic E-state index is -4.29. The molecule has 3 nitrogen and oxygen atoms in total. The third-order valence-electron chi connectivity index (χ3n) is 3.80. The van der Waals surface area contributed by atoms with Gasteiger partial charge in [-0.05, 0) is 51.6 Å². The van der Waals surface area contributed by atoms with Crippen molar-refractivity contribution < 1.29 is 13.2 Å². The molecule has 0 fully saturated rings. The minimum Gasteiger partial charge on any atom is -0.309 e. The summed E-state index contributed by atoms with van der Waals surface area (Å²) in [5.41, 5.74) is 3.85. The SMILES string of the molecule is Cc1nn(CC(F)(F)F)c(-c2cccc(CCN(C)C)c2)c1C. The van der Waals surface area contributed by atoms with Crippen LogP contribution in [0.3, 0.4) is 0 Å². The van der Waals surface area contributed by atoms with E-state index in [0.29, 0.717) is 11.4 Å². The Bertz CT molecular complexity index is 672. The quantitative estimate of drug-likeness (QED) is 0.833.